The number of hydrogen-bond acceptors (Lipinski definition) is 1. The van der Waals surface area contributed by atoms with Gasteiger partial charge in [0.25, 0.3) is 0 Å². The van der Waals surface area contributed by atoms with Crippen molar-refractivity contribution in [2.75, 3.05) is 0 Å². The Bertz CT molecular complexity index is 380. The summed E-state index contributed by atoms with van der Waals surface area (Å²) in [5.74, 6) is 0. The summed E-state index contributed by atoms with van der Waals surface area (Å²) in [6.07, 6.45) is 2.08. The zero-order valence-electron chi connectivity index (χ0n) is 8.40. The average Bonchev–Trinajstić information content (AvgIpc) is 2.80. The molecule has 0 aliphatic rings. The molecule has 2 aromatic rings. The minimum Gasteiger partial charge on any atom is -0.149 e. The third kappa shape index (κ3) is 3.08. The predicted octanol–water partition coefficient (Wildman–Crippen LogP) is 4.66. The van der Waals surface area contributed by atoms with E-state index >= 15 is 0 Å². The lowest BCUT2D eigenvalue weighted by Gasteiger charge is -2.08. The average molecular weight is 237 g/mol. The first-order chi connectivity index (χ1) is 7.36. The second kappa shape index (κ2) is 5.34. The lowest BCUT2D eigenvalue weighted by atomic mass is 10.1. The van der Waals surface area contributed by atoms with Gasteiger partial charge >= 0.3 is 0 Å². The van der Waals surface area contributed by atoms with Crippen molar-refractivity contribution in [3.8, 4) is 0 Å². The highest BCUT2D eigenvalue weighted by Gasteiger charge is 2.07. The molecule has 0 bridgehead atoms. The van der Waals surface area contributed by atoms with Crippen molar-refractivity contribution in [1.29, 1.82) is 0 Å². The lowest BCUT2D eigenvalue weighted by Crippen LogP contribution is -1.92. The highest BCUT2D eigenvalue weighted by molar-refractivity contribution is 7.09. The van der Waals surface area contributed by atoms with Crippen LogP contribution in [0.15, 0.2) is 47.8 Å². The van der Waals surface area contributed by atoms with Gasteiger partial charge in [0.2, 0.25) is 0 Å². The molecule has 1 aromatic heterocycles. The smallest absolute Gasteiger partial charge is 0.0588 e. The highest BCUT2D eigenvalue weighted by Crippen LogP contribution is 2.26. The number of benzene rings is 1. The summed E-state index contributed by atoms with van der Waals surface area (Å²) in [5.41, 5.74) is 1.22. The third-order valence-corrected chi connectivity index (χ3v) is 3.79. The van der Waals surface area contributed by atoms with Crippen molar-refractivity contribution in [2.45, 2.75) is 18.2 Å². The predicted molar refractivity (Wildman–Crippen MR) is 67.7 cm³/mol. The van der Waals surface area contributed by atoms with Gasteiger partial charge in [-0.15, -0.1) is 22.9 Å². The van der Waals surface area contributed by atoms with Gasteiger partial charge in [0.05, 0.1) is 5.38 Å². The first-order valence-electron chi connectivity index (χ1n) is 5.07. The Kier molecular flexibility index (Phi) is 3.81. The molecule has 0 radical (unpaired) electrons. The van der Waals surface area contributed by atoms with Crippen LogP contribution < -0.4 is 0 Å². The van der Waals surface area contributed by atoms with Crippen LogP contribution in [0.1, 0.15) is 22.2 Å². The quantitative estimate of drug-likeness (QED) is 0.678. The van der Waals surface area contributed by atoms with Gasteiger partial charge in [0.15, 0.2) is 0 Å². The molecule has 78 valence electrons. The zero-order chi connectivity index (χ0) is 10.5. The largest absolute Gasteiger partial charge is 0.149 e. The molecule has 1 aromatic carbocycles. The molecule has 2 heteroatoms. The fourth-order valence-electron chi connectivity index (χ4n) is 1.55. The SMILES string of the molecule is ClC(CCc1cccs1)c1ccccc1. The summed E-state index contributed by atoms with van der Waals surface area (Å²) >= 11 is 8.13. The van der Waals surface area contributed by atoms with Crippen LogP contribution in [0.25, 0.3) is 0 Å². The van der Waals surface area contributed by atoms with Gasteiger partial charge in [-0.25, -0.2) is 0 Å². The number of halogens is 1. The van der Waals surface area contributed by atoms with E-state index in [-0.39, 0.29) is 5.38 Å². The van der Waals surface area contributed by atoms with E-state index in [0.717, 1.165) is 12.8 Å². The molecule has 2 rings (SSSR count). The molecule has 0 aliphatic heterocycles. The lowest BCUT2D eigenvalue weighted by molar-refractivity contribution is 0.803. The van der Waals surface area contributed by atoms with Gasteiger partial charge in [-0.1, -0.05) is 36.4 Å². The van der Waals surface area contributed by atoms with Crippen molar-refractivity contribution in [3.05, 3.63) is 58.3 Å². The second-order valence-corrected chi connectivity index (χ2v) is 5.06. The molecule has 0 fully saturated rings. The van der Waals surface area contributed by atoms with Crippen molar-refractivity contribution < 1.29 is 0 Å². The molecule has 1 unspecified atom stereocenters. The molecule has 0 aliphatic carbocycles. The van der Waals surface area contributed by atoms with Crippen LogP contribution in [0.2, 0.25) is 0 Å². The fraction of sp³-hybridized carbons (Fsp3) is 0.231. The molecule has 0 saturated carbocycles. The summed E-state index contributed by atoms with van der Waals surface area (Å²) in [6.45, 7) is 0. The topological polar surface area (TPSA) is 0 Å². The monoisotopic (exact) mass is 236 g/mol. The minimum atomic E-state index is 0.133. The van der Waals surface area contributed by atoms with E-state index in [1.165, 1.54) is 10.4 Å². The molecule has 0 saturated heterocycles. The van der Waals surface area contributed by atoms with E-state index in [2.05, 4.69) is 29.6 Å². The Morgan fingerprint density at radius 3 is 2.53 bits per heavy atom. The summed E-state index contributed by atoms with van der Waals surface area (Å²) in [5, 5.41) is 2.24. The van der Waals surface area contributed by atoms with Crippen LogP contribution in [-0.2, 0) is 6.42 Å². The fourth-order valence-corrected chi connectivity index (χ4v) is 2.53. The Hall–Kier alpha value is -0.790. The van der Waals surface area contributed by atoms with E-state index in [9.17, 15) is 0 Å². The first kappa shape index (κ1) is 10.7. The normalized spacial score (nSPS) is 12.6. The van der Waals surface area contributed by atoms with Gasteiger partial charge in [-0.3, -0.25) is 0 Å². The maximum absolute atomic E-state index is 6.33. The highest BCUT2D eigenvalue weighted by atomic mass is 35.5. The van der Waals surface area contributed by atoms with Crippen molar-refractivity contribution in [1.82, 2.24) is 0 Å². The van der Waals surface area contributed by atoms with Gasteiger partial charge in [0.1, 0.15) is 0 Å². The van der Waals surface area contributed by atoms with Gasteiger partial charge in [0, 0.05) is 4.88 Å². The Labute approximate surface area is 99.5 Å². The number of thiophene rings is 1. The van der Waals surface area contributed by atoms with Crippen molar-refractivity contribution in [2.24, 2.45) is 0 Å². The van der Waals surface area contributed by atoms with E-state index in [1.54, 1.807) is 11.3 Å². The molecule has 0 amide bonds. The minimum absolute atomic E-state index is 0.133. The molecule has 1 heterocycles. The summed E-state index contributed by atoms with van der Waals surface area (Å²) in [4.78, 5) is 1.41. The van der Waals surface area contributed by atoms with E-state index in [4.69, 9.17) is 11.6 Å². The maximum Gasteiger partial charge on any atom is 0.0588 e. The second-order valence-electron chi connectivity index (χ2n) is 3.50. The Morgan fingerprint density at radius 1 is 1.07 bits per heavy atom. The molecule has 0 nitrogen and oxygen atoms in total. The number of hydrogen-bond donors (Lipinski definition) is 0. The summed E-state index contributed by atoms with van der Waals surface area (Å²) < 4.78 is 0. The summed E-state index contributed by atoms with van der Waals surface area (Å²) in [6, 6.07) is 14.5. The van der Waals surface area contributed by atoms with E-state index in [0.29, 0.717) is 0 Å². The van der Waals surface area contributed by atoms with Crippen LogP contribution in [-0.4, -0.2) is 0 Å². The number of alkyl halides is 1. The van der Waals surface area contributed by atoms with Gasteiger partial charge in [-0.2, -0.15) is 0 Å². The maximum atomic E-state index is 6.33. The Balaban J connectivity index is 1.90. The third-order valence-electron chi connectivity index (χ3n) is 2.39. The summed E-state index contributed by atoms with van der Waals surface area (Å²) in [7, 11) is 0. The van der Waals surface area contributed by atoms with Crippen LogP contribution in [0, 0.1) is 0 Å². The van der Waals surface area contributed by atoms with Crippen LogP contribution in [0.4, 0.5) is 0 Å². The van der Waals surface area contributed by atoms with Gasteiger partial charge in [-0.05, 0) is 29.9 Å². The number of rotatable bonds is 4. The van der Waals surface area contributed by atoms with E-state index < -0.39 is 0 Å². The molecule has 1 atom stereocenters. The Morgan fingerprint density at radius 2 is 1.87 bits per heavy atom. The van der Waals surface area contributed by atoms with Crippen LogP contribution >= 0.6 is 22.9 Å². The number of aryl methyl sites for hydroxylation is 1. The molecule has 0 N–H and O–H groups in total. The standard InChI is InChI=1S/C13H13ClS/c14-13(11-5-2-1-3-6-11)9-8-12-7-4-10-15-12/h1-7,10,13H,8-9H2. The van der Waals surface area contributed by atoms with E-state index in [1.807, 2.05) is 18.2 Å². The van der Waals surface area contributed by atoms with Gasteiger partial charge < -0.3 is 0 Å². The first-order valence-corrected chi connectivity index (χ1v) is 6.39. The van der Waals surface area contributed by atoms with Crippen molar-refractivity contribution >= 4 is 22.9 Å². The molecular formula is C13H13ClS. The zero-order valence-corrected chi connectivity index (χ0v) is 9.97. The molecular weight excluding hydrogens is 224 g/mol. The molecule has 15 heavy (non-hydrogen) atoms. The van der Waals surface area contributed by atoms with Crippen LogP contribution in [0.3, 0.4) is 0 Å². The van der Waals surface area contributed by atoms with Crippen molar-refractivity contribution in [3.63, 3.8) is 0 Å². The van der Waals surface area contributed by atoms with Crippen LogP contribution in [0.5, 0.6) is 0 Å². The molecule has 0 spiro atoms.